The van der Waals surface area contributed by atoms with Gasteiger partial charge in [0.1, 0.15) is 5.75 Å². The van der Waals surface area contributed by atoms with Crippen LogP contribution in [-0.4, -0.2) is 48.0 Å². The van der Waals surface area contributed by atoms with Gasteiger partial charge in [-0.05, 0) is 36.2 Å². The van der Waals surface area contributed by atoms with Crippen molar-refractivity contribution in [3.8, 4) is 5.75 Å². The number of rotatable bonds is 10. The molecule has 6 nitrogen and oxygen atoms in total. The standard InChI is InChI=1S/C19H23NO3.C2HF3O2/c21-19(22)11-14-20-13-10-17-6-8-18(9-7-17)23-15-12-16-4-2-1-3-5-16;3-2(4,5)1(6)7/h1-9,20H,10-15H2,(H,21,22);(H,6,7). The van der Waals surface area contributed by atoms with E-state index in [1.165, 1.54) is 11.1 Å². The number of benzene rings is 2. The van der Waals surface area contributed by atoms with Gasteiger partial charge in [-0.1, -0.05) is 42.5 Å². The summed E-state index contributed by atoms with van der Waals surface area (Å²) in [5.74, 6) is -2.65. The fourth-order valence-electron chi connectivity index (χ4n) is 2.24. The molecule has 164 valence electrons. The van der Waals surface area contributed by atoms with Crippen molar-refractivity contribution in [3.63, 3.8) is 0 Å². The predicted octanol–water partition coefficient (Wildman–Crippen LogP) is 3.55. The second-order valence-corrected chi connectivity index (χ2v) is 6.17. The Labute approximate surface area is 172 Å². The van der Waals surface area contributed by atoms with E-state index in [-0.39, 0.29) is 6.42 Å². The normalized spacial score (nSPS) is 10.6. The van der Waals surface area contributed by atoms with Gasteiger partial charge in [-0.15, -0.1) is 0 Å². The summed E-state index contributed by atoms with van der Waals surface area (Å²) in [4.78, 5) is 19.3. The molecule has 0 aliphatic carbocycles. The smallest absolute Gasteiger partial charge is 0.490 e. The second-order valence-electron chi connectivity index (χ2n) is 6.17. The first-order valence-corrected chi connectivity index (χ1v) is 9.17. The van der Waals surface area contributed by atoms with Gasteiger partial charge in [0.15, 0.2) is 0 Å². The summed E-state index contributed by atoms with van der Waals surface area (Å²) in [6.45, 7) is 1.96. The lowest BCUT2D eigenvalue weighted by Gasteiger charge is -2.08. The maximum Gasteiger partial charge on any atom is 0.490 e. The molecule has 0 saturated heterocycles. The summed E-state index contributed by atoms with van der Waals surface area (Å²) >= 11 is 0. The highest BCUT2D eigenvalue weighted by atomic mass is 19.4. The van der Waals surface area contributed by atoms with Crippen molar-refractivity contribution in [3.05, 3.63) is 65.7 Å². The van der Waals surface area contributed by atoms with Crippen molar-refractivity contribution in [1.82, 2.24) is 5.32 Å². The topological polar surface area (TPSA) is 95.9 Å². The zero-order chi connectivity index (χ0) is 22.4. The Balaban J connectivity index is 0.000000553. The van der Waals surface area contributed by atoms with Crippen LogP contribution in [0.5, 0.6) is 5.75 Å². The summed E-state index contributed by atoms with van der Waals surface area (Å²) in [5.41, 5.74) is 2.49. The van der Waals surface area contributed by atoms with Crippen LogP contribution >= 0.6 is 0 Å². The van der Waals surface area contributed by atoms with Crippen LogP contribution in [0.1, 0.15) is 17.5 Å². The third-order valence-electron chi connectivity index (χ3n) is 3.77. The number of carboxylic acids is 2. The zero-order valence-electron chi connectivity index (χ0n) is 16.2. The van der Waals surface area contributed by atoms with Crippen LogP contribution in [0.4, 0.5) is 13.2 Å². The summed E-state index contributed by atoms with van der Waals surface area (Å²) in [6.07, 6.45) is -3.14. The number of aliphatic carboxylic acids is 2. The highest BCUT2D eigenvalue weighted by Gasteiger charge is 2.38. The van der Waals surface area contributed by atoms with Gasteiger partial charge in [-0.25, -0.2) is 4.79 Å². The van der Waals surface area contributed by atoms with Gasteiger partial charge in [0.25, 0.3) is 0 Å². The molecule has 30 heavy (non-hydrogen) atoms. The largest absolute Gasteiger partial charge is 0.493 e. The van der Waals surface area contributed by atoms with E-state index in [0.717, 1.165) is 25.1 Å². The number of alkyl halides is 3. The highest BCUT2D eigenvalue weighted by Crippen LogP contribution is 2.14. The Morgan fingerprint density at radius 2 is 1.43 bits per heavy atom. The maximum atomic E-state index is 10.6. The Morgan fingerprint density at radius 1 is 0.867 bits per heavy atom. The molecule has 0 amide bonds. The number of hydrogen-bond acceptors (Lipinski definition) is 4. The molecule has 2 aromatic carbocycles. The second kappa shape index (κ2) is 13.2. The fourth-order valence-corrected chi connectivity index (χ4v) is 2.24. The first kappa shape index (κ1) is 25.0. The number of carboxylic acid groups (broad SMARTS) is 2. The fraction of sp³-hybridized carbons (Fsp3) is 0.333. The Bertz CT molecular complexity index is 764. The Morgan fingerprint density at radius 3 is 1.97 bits per heavy atom. The molecular formula is C21H24F3NO5. The van der Waals surface area contributed by atoms with Crippen LogP contribution in [0, 0.1) is 0 Å². The molecule has 0 aromatic heterocycles. The van der Waals surface area contributed by atoms with E-state index in [9.17, 15) is 18.0 Å². The molecule has 0 aliphatic rings. The van der Waals surface area contributed by atoms with E-state index in [2.05, 4.69) is 29.6 Å². The van der Waals surface area contributed by atoms with Gasteiger partial charge >= 0.3 is 18.1 Å². The lowest BCUT2D eigenvalue weighted by Crippen LogP contribution is -2.21. The SMILES string of the molecule is O=C(O)C(F)(F)F.O=C(O)CCNCCc1ccc(OCCc2ccccc2)cc1. The number of ether oxygens (including phenoxy) is 1. The molecule has 0 aliphatic heterocycles. The third kappa shape index (κ3) is 11.7. The van der Waals surface area contributed by atoms with E-state index < -0.39 is 18.1 Å². The molecule has 0 bridgehead atoms. The molecule has 2 rings (SSSR count). The molecule has 0 heterocycles. The predicted molar refractivity (Wildman–Crippen MR) is 105 cm³/mol. The molecule has 3 N–H and O–H groups in total. The molecule has 0 fully saturated rings. The van der Waals surface area contributed by atoms with Crippen LogP contribution in [0.15, 0.2) is 54.6 Å². The first-order chi connectivity index (χ1) is 14.2. The van der Waals surface area contributed by atoms with Crippen molar-refractivity contribution in [2.45, 2.75) is 25.4 Å². The Kier molecular flexibility index (Phi) is 11.0. The van der Waals surface area contributed by atoms with Crippen LogP contribution in [-0.2, 0) is 22.4 Å². The minimum atomic E-state index is -5.08. The molecule has 2 aromatic rings. The summed E-state index contributed by atoms with van der Waals surface area (Å²) in [7, 11) is 0. The van der Waals surface area contributed by atoms with Gasteiger partial charge < -0.3 is 20.3 Å². The quantitative estimate of drug-likeness (QED) is 0.502. The number of halogens is 3. The van der Waals surface area contributed by atoms with Crippen molar-refractivity contribution in [1.29, 1.82) is 0 Å². The van der Waals surface area contributed by atoms with Crippen molar-refractivity contribution in [2.75, 3.05) is 19.7 Å². The summed E-state index contributed by atoms with van der Waals surface area (Å²) in [5, 5.41) is 18.8. The Hall–Kier alpha value is -3.07. The van der Waals surface area contributed by atoms with Crippen LogP contribution in [0.2, 0.25) is 0 Å². The van der Waals surface area contributed by atoms with Gasteiger partial charge in [0.2, 0.25) is 0 Å². The van der Waals surface area contributed by atoms with Gasteiger partial charge in [0, 0.05) is 13.0 Å². The molecular weight excluding hydrogens is 403 g/mol. The van der Waals surface area contributed by atoms with Crippen molar-refractivity contribution >= 4 is 11.9 Å². The van der Waals surface area contributed by atoms with Crippen LogP contribution < -0.4 is 10.1 Å². The van der Waals surface area contributed by atoms with Crippen LogP contribution in [0.25, 0.3) is 0 Å². The lowest BCUT2D eigenvalue weighted by atomic mass is 10.1. The van der Waals surface area contributed by atoms with Crippen LogP contribution in [0.3, 0.4) is 0 Å². The lowest BCUT2D eigenvalue weighted by molar-refractivity contribution is -0.192. The van der Waals surface area contributed by atoms with Crippen molar-refractivity contribution in [2.24, 2.45) is 0 Å². The maximum absolute atomic E-state index is 10.6. The minimum Gasteiger partial charge on any atom is -0.493 e. The zero-order valence-corrected chi connectivity index (χ0v) is 16.2. The average Bonchev–Trinajstić information content (AvgIpc) is 2.69. The number of hydrogen-bond donors (Lipinski definition) is 3. The molecule has 0 saturated carbocycles. The van der Waals surface area contributed by atoms with Gasteiger partial charge in [-0.2, -0.15) is 13.2 Å². The monoisotopic (exact) mass is 427 g/mol. The molecule has 0 radical (unpaired) electrons. The van der Waals surface area contributed by atoms with E-state index in [0.29, 0.717) is 13.2 Å². The van der Waals surface area contributed by atoms with E-state index in [1.807, 2.05) is 30.3 Å². The van der Waals surface area contributed by atoms with Crippen molar-refractivity contribution < 1.29 is 37.7 Å². The molecule has 0 atom stereocenters. The minimum absolute atomic E-state index is 0.161. The molecule has 0 unspecified atom stereocenters. The van der Waals surface area contributed by atoms with Gasteiger partial charge in [0.05, 0.1) is 13.0 Å². The van der Waals surface area contributed by atoms with Gasteiger partial charge in [-0.3, -0.25) is 4.79 Å². The third-order valence-corrected chi connectivity index (χ3v) is 3.77. The van der Waals surface area contributed by atoms with E-state index in [4.69, 9.17) is 19.7 Å². The molecule has 9 heteroatoms. The molecule has 0 spiro atoms. The summed E-state index contributed by atoms with van der Waals surface area (Å²) < 4.78 is 37.5. The highest BCUT2D eigenvalue weighted by molar-refractivity contribution is 5.73. The van der Waals surface area contributed by atoms with E-state index >= 15 is 0 Å². The average molecular weight is 427 g/mol. The summed E-state index contributed by atoms with van der Waals surface area (Å²) in [6, 6.07) is 18.4. The number of nitrogens with one attached hydrogen (secondary N) is 1. The number of carbonyl (C=O) groups is 2. The van der Waals surface area contributed by atoms with E-state index in [1.54, 1.807) is 0 Å². The first-order valence-electron chi connectivity index (χ1n) is 9.17.